The highest BCUT2D eigenvalue weighted by molar-refractivity contribution is 9.10. The summed E-state index contributed by atoms with van der Waals surface area (Å²) in [5, 5.41) is 0. The standard InChI is InChI=1S/C15H21BrF3N3O/c1-14(2,3)22-7-5-21(6-8-22)12-11(16)9-10(15(17,18)19)13(20-12)23-4/h9H,5-8H2,1-4H3. The second-order valence-electron chi connectivity index (χ2n) is 6.49. The van der Waals surface area contributed by atoms with Crippen LogP contribution in [-0.2, 0) is 6.18 Å². The average Bonchev–Trinajstić information content (AvgIpc) is 2.45. The number of ether oxygens (including phenoxy) is 1. The van der Waals surface area contributed by atoms with Crippen LogP contribution in [0.1, 0.15) is 26.3 Å². The van der Waals surface area contributed by atoms with E-state index in [0.29, 0.717) is 23.4 Å². The Kier molecular flexibility index (Phi) is 5.15. The zero-order chi connectivity index (χ0) is 17.4. The minimum atomic E-state index is -4.50. The van der Waals surface area contributed by atoms with E-state index in [1.807, 2.05) is 4.90 Å². The number of methoxy groups -OCH3 is 1. The minimum absolute atomic E-state index is 0.0780. The zero-order valence-electron chi connectivity index (χ0n) is 13.7. The summed E-state index contributed by atoms with van der Waals surface area (Å²) >= 11 is 3.22. The minimum Gasteiger partial charge on any atom is -0.481 e. The fourth-order valence-corrected chi connectivity index (χ4v) is 3.20. The molecule has 0 aromatic carbocycles. The molecule has 130 valence electrons. The van der Waals surface area contributed by atoms with E-state index in [4.69, 9.17) is 4.74 Å². The summed E-state index contributed by atoms with van der Waals surface area (Å²) < 4.78 is 44.2. The maximum absolute atomic E-state index is 13.0. The first-order chi connectivity index (χ1) is 10.5. The molecule has 0 amide bonds. The Hall–Kier alpha value is -1.02. The van der Waals surface area contributed by atoms with Crippen molar-refractivity contribution in [3.05, 3.63) is 16.1 Å². The first kappa shape index (κ1) is 18.3. The number of piperazine rings is 1. The molecule has 2 rings (SSSR count). The molecule has 2 heterocycles. The van der Waals surface area contributed by atoms with E-state index in [2.05, 4.69) is 46.6 Å². The maximum atomic E-state index is 13.0. The molecule has 0 atom stereocenters. The predicted octanol–water partition coefficient (Wildman–Crippen LogP) is 3.79. The number of hydrogen-bond acceptors (Lipinski definition) is 4. The van der Waals surface area contributed by atoms with Crippen LogP contribution in [0.3, 0.4) is 0 Å². The van der Waals surface area contributed by atoms with Crippen molar-refractivity contribution in [2.24, 2.45) is 0 Å². The van der Waals surface area contributed by atoms with Gasteiger partial charge in [-0.1, -0.05) is 0 Å². The molecule has 0 aliphatic carbocycles. The van der Waals surface area contributed by atoms with Gasteiger partial charge >= 0.3 is 6.18 Å². The van der Waals surface area contributed by atoms with Gasteiger partial charge in [-0.2, -0.15) is 18.2 Å². The third kappa shape index (κ3) is 4.09. The Morgan fingerprint density at radius 1 is 1.13 bits per heavy atom. The first-order valence-electron chi connectivity index (χ1n) is 7.35. The number of pyridine rings is 1. The fourth-order valence-electron chi connectivity index (χ4n) is 2.63. The molecule has 0 bridgehead atoms. The van der Waals surface area contributed by atoms with Gasteiger partial charge in [0.15, 0.2) is 0 Å². The maximum Gasteiger partial charge on any atom is 0.421 e. The lowest BCUT2D eigenvalue weighted by atomic mass is 10.0. The number of aromatic nitrogens is 1. The van der Waals surface area contributed by atoms with Gasteiger partial charge in [0.25, 0.3) is 0 Å². The Morgan fingerprint density at radius 3 is 2.13 bits per heavy atom. The normalized spacial score (nSPS) is 17.5. The first-order valence-corrected chi connectivity index (χ1v) is 8.15. The smallest absolute Gasteiger partial charge is 0.421 e. The second-order valence-corrected chi connectivity index (χ2v) is 7.35. The van der Waals surface area contributed by atoms with Gasteiger partial charge in [0.1, 0.15) is 11.4 Å². The number of hydrogen-bond donors (Lipinski definition) is 0. The van der Waals surface area contributed by atoms with Gasteiger partial charge in [0, 0.05) is 31.7 Å². The third-order valence-corrected chi connectivity index (χ3v) is 4.53. The average molecular weight is 396 g/mol. The van der Waals surface area contributed by atoms with Crippen LogP contribution in [0.5, 0.6) is 5.88 Å². The largest absolute Gasteiger partial charge is 0.481 e. The molecule has 1 aliphatic rings. The number of anilines is 1. The Balaban J connectivity index is 2.25. The molecule has 1 fully saturated rings. The molecule has 8 heteroatoms. The summed E-state index contributed by atoms with van der Waals surface area (Å²) in [6.07, 6.45) is -4.50. The van der Waals surface area contributed by atoms with Crippen molar-refractivity contribution < 1.29 is 17.9 Å². The summed E-state index contributed by atoms with van der Waals surface area (Å²) in [6.45, 7) is 9.53. The SMILES string of the molecule is COc1nc(N2CCN(C(C)(C)C)CC2)c(Br)cc1C(F)(F)F. The molecular formula is C15H21BrF3N3O. The van der Waals surface area contributed by atoms with Crippen molar-refractivity contribution in [3.8, 4) is 5.88 Å². The van der Waals surface area contributed by atoms with E-state index >= 15 is 0 Å². The van der Waals surface area contributed by atoms with Gasteiger partial charge < -0.3 is 9.64 Å². The molecule has 1 aliphatic heterocycles. The van der Waals surface area contributed by atoms with Crippen LogP contribution in [0.2, 0.25) is 0 Å². The molecule has 23 heavy (non-hydrogen) atoms. The van der Waals surface area contributed by atoms with Gasteiger partial charge in [-0.15, -0.1) is 0 Å². The van der Waals surface area contributed by atoms with Crippen LogP contribution in [0.25, 0.3) is 0 Å². The van der Waals surface area contributed by atoms with Crippen LogP contribution in [0.4, 0.5) is 19.0 Å². The number of rotatable bonds is 2. The molecule has 0 N–H and O–H groups in total. The van der Waals surface area contributed by atoms with Crippen molar-refractivity contribution in [2.45, 2.75) is 32.5 Å². The molecular weight excluding hydrogens is 375 g/mol. The van der Waals surface area contributed by atoms with Crippen molar-refractivity contribution in [2.75, 3.05) is 38.2 Å². The summed E-state index contributed by atoms with van der Waals surface area (Å²) in [5.74, 6) is 0.0948. The third-order valence-electron chi connectivity index (χ3n) is 3.95. The predicted molar refractivity (Wildman–Crippen MR) is 87.0 cm³/mol. The zero-order valence-corrected chi connectivity index (χ0v) is 15.3. The molecule has 1 saturated heterocycles. The quantitative estimate of drug-likeness (QED) is 0.761. The molecule has 0 saturated carbocycles. The van der Waals surface area contributed by atoms with Gasteiger partial charge in [0.05, 0.1) is 11.6 Å². The van der Waals surface area contributed by atoms with Gasteiger partial charge in [-0.25, -0.2) is 0 Å². The van der Waals surface area contributed by atoms with E-state index in [-0.39, 0.29) is 5.54 Å². The monoisotopic (exact) mass is 395 g/mol. The highest BCUT2D eigenvalue weighted by atomic mass is 79.9. The van der Waals surface area contributed by atoms with Crippen LogP contribution in [-0.4, -0.2) is 48.7 Å². The lowest BCUT2D eigenvalue weighted by molar-refractivity contribution is -0.139. The summed E-state index contributed by atoms with van der Waals surface area (Å²) in [6, 6.07) is 1.04. The fraction of sp³-hybridized carbons (Fsp3) is 0.667. The van der Waals surface area contributed by atoms with E-state index in [1.165, 1.54) is 7.11 Å². The van der Waals surface area contributed by atoms with Gasteiger partial charge in [0.2, 0.25) is 5.88 Å². The van der Waals surface area contributed by atoms with Crippen molar-refractivity contribution >= 4 is 21.7 Å². The summed E-state index contributed by atoms with van der Waals surface area (Å²) in [7, 11) is 1.20. The van der Waals surface area contributed by atoms with Crippen LogP contribution < -0.4 is 9.64 Å². The van der Waals surface area contributed by atoms with Gasteiger partial charge in [-0.3, -0.25) is 4.90 Å². The van der Waals surface area contributed by atoms with Crippen molar-refractivity contribution in [1.29, 1.82) is 0 Å². The Bertz CT molecular complexity index is 564. The number of alkyl halides is 3. The summed E-state index contributed by atoms with van der Waals surface area (Å²) in [4.78, 5) is 8.41. The molecule has 1 aromatic heterocycles. The number of halogens is 4. The highest BCUT2D eigenvalue weighted by Crippen LogP contribution is 2.39. The lowest BCUT2D eigenvalue weighted by Gasteiger charge is -2.42. The van der Waals surface area contributed by atoms with E-state index in [1.54, 1.807) is 0 Å². The molecule has 0 unspecified atom stereocenters. The molecule has 4 nitrogen and oxygen atoms in total. The molecule has 0 radical (unpaired) electrons. The number of nitrogens with zero attached hydrogens (tertiary/aromatic N) is 3. The van der Waals surface area contributed by atoms with E-state index < -0.39 is 17.6 Å². The van der Waals surface area contributed by atoms with E-state index in [9.17, 15) is 13.2 Å². The summed E-state index contributed by atoms with van der Waals surface area (Å²) in [5.41, 5.74) is -0.793. The van der Waals surface area contributed by atoms with Crippen molar-refractivity contribution in [1.82, 2.24) is 9.88 Å². The highest BCUT2D eigenvalue weighted by Gasteiger charge is 2.37. The van der Waals surface area contributed by atoms with Crippen LogP contribution in [0, 0.1) is 0 Å². The Morgan fingerprint density at radius 2 is 1.70 bits per heavy atom. The topological polar surface area (TPSA) is 28.6 Å². The van der Waals surface area contributed by atoms with Gasteiger partial charge in [-0.05, 0) is 42.8 Å². The molecule has 0 spiro atoms. The Labute approximate surface area is 142 Å². The molecule has 1 aromatic rings. The second kappa shape index (κ2) is 6.47. The van der Waals surface area contributed by atoms with Crippen molar-refractivity contribution in [3.63, 3.8) is 0 Å². The van der Waals surface area contributed by atoms with Crippen LogP contribution >= 0.6 is 15.9 Å². The van der Waals surface area contributed by atoms with Crippen LogP contribution in [0.15, 0.2) is 10.5 Å². The van der Waals surface area contributed by atoms with E-state index in [0.717, 1.165) is 19.2 Å². The lowest BCUT2D eigenvalue weighted by Crippen LogP contribution is -2.53.